The van der Waals surface area contributed by atoms with E-state index in [9.17, 15) is 9.90 Å². The third kappa shape index (κ3) is 3.61. The number of nitrogens with one attached hydrogen (secondary N) is 1. The van der Waals surface area contributed by atoms with Gasteiger partial charge in [-0.15, -0.1) is 0 Å². The molecule has 0 aromatic carbocycles. The molecule has 2 aromatic rings. The largest absolute Gasteiger partial charge is 0.455 e. The van der Waals surface area contributed by atoms with Crippen molar-refractivity contribution in [3.63, 3.8) is 0 Å². The first-order valence-electron chi connectivity index (χ1n) is 7.62. The minimum absolute atomic E-state index is 0.159. The van der Waals surface area contributed by atoms with Crippen LogP contribution >= 0.6 is 11.8 Å². The number of thioether (sulfide) groups is 1. The molecule has 124 valence electrons. The van der Waals surface area contributed by atoms with Crippen molar-refractivity contribution < 1.29 is 14.3 Å². The van der Waals surface area contributed by atoms with Crippen LogP contribution in [-0.4, -0.2) is 33.2 Å². The molecule has 1 aliphatic rings. The topological polar surface area (TPSA) is 80.3 Å². The third-order valence-corrected chi connectivity index (χ3v) is 4.74. The molecule has 23 heavy (non-hydrogen) atoms. The van der Waals surface area contributed by atoms with Crippen molar-refractivity contribution in [2.75, 3.05) is 6.26 Å². The third-order valence-electron chi connectivity index (χ3n) is 4.16. The lowest BCUT2D eigenvalue weighted by Crippen LogP contribution is -2.41. The first-order chi connectivity index (χ1) is 11.1. The van der Waals surface area contributed by atoms with Crippen LogP contribution in [0.15, 0.2) is 28.9 Å². The molecule has 1 atom stereocenters. The highest BCUT2D eigenvalue weighted by atomic mass is 32.2. The number of carbonyl (C=O) groups is 1. The number of hydrogen-bond acceptors (Lipinski definition) is 5. The minimum Gasteiger partial charge on any atom is -0.455 e. The lowest BCUT2D eigenvalue weighted by molar-refractivity contribution is 0.0232. The van der Waals surface area contributed by atoms with Crippen LogP contribution in [0.25, 0.3) is 0 Å². The Balaban J connectivity index is 1.73. The molecule has 0 radical (unpaired) electrons. The lowest BCUT2D eigenvalue weighted by atomic mass is 9.75. The van der Waals surface area contributed by atoms with Crippen molar-refractivity contribution in [3.8, 4) is 0 Å². The van der Waals surface area contributed by atoms with E-state index in [1.807, 2.05) is 25.6 Å². The second kappa shape index (κ2) is 6.80. The highest BCUT2D eigenvalue weighted by Gasteiger charge is 2.36. The maximum atomic E-state index is 12.5. The van der Waals surface area contributed by atoms with Crippen molar-refractivity contribution in [1.82, 2.24) is 15.1 Å². The average Bonchev–Trinajstić information content (AvgIpc) is 3.11. The number of aryl methyl sites for hydroxylation is 1. The second-order valence-corrected chi connectivity index (χ2v) is 6.85. The number of aliphatic hydroxyl groups excluding tert-OH is 1. The number of carbonyl (C=O) groups excluding carboxylic acids is 1. The number of rotatable bonds is 6. The van der Waals surface area contributed by atoms with Gasteiger partial charge in [0, 0.05) is 18.8 Å². The zero-order chi connectivity index (χ0) is 16.4. The van der Waals surface area contributed by atoms with Crippen LogP contribution in [0, 0.1) is 5.92 Å². The van der Waals surface area contributed by atoms with Crippen LogP contribution in [-0.2, 0) is 12.8 Å². The van der Waals surface area contributed by atoms with Crippen molar-refractivity contribution in [2.24, 2.45) is 13.0 Å². The highest BCUT2D eigenvalue weighted by molar-refractivity contribution is 7.97. The molecule has 1 fully saturated rings. The Kier molecular flexibility index (Phi) is 4.77. The maximum Gasteiger partial charge on any atom is 0.287 e. The summed E-state index contributed by atoms with van der Waals surface area (Å²) in [6, 6.07) is 3.38. The fourth-order valence-electron chi connectivity index (χ4n) is 2.91. The summed E-state index contributed by atoms with van der Waals surface area (Å²) in [5.74, 6) is 1.85. The molecule has 0 saturated heterocycles. The predicted octanol–water partition coefficient (Wildman–Crippen LogP) is 2.12. The van der Waals surface area contributed by atoms with E-state index in [1.54, 1.807) is 28.7 Å². The van der Waals surface area contributed by atoms with Gasteiger partial charge in [0.2, 0.25) is 0 Å². The lowest BCUT2D eigenvalue weighted by Gasteiger charge is -2.37. The van der Waals surface area contributed by atoms with Crippen molar-refractivity contribution in [2.45, 2.75) is 30.7 Å². The van der Waals surface area contributed by atoms with Crippen LogP contribution in [0.4, 0.5) is 0 Å². The maximum absolute atomic E-state index is 12.5. The first kappa shape index (κ1) is 16.1. The number of amides is 1. The molecule has 7 heteroatoms. The number of aliphatic hydroxyl groups is 1. The fourth-order valence-corrected chi connectivity index (χ4v) is 3.35. The van der Waals surface area contributed by atoms with Gasteiger partial charge in [-0.1, -0.05) is 0 Å². The Morgan fingerprint density at radius 1 is 1.57 bits per heavy atom. The predicted molar refractivity (Wildman–Crippen MR) is 88.1 cm³/mol. The summed E-state index contributed by atoms with van der Waals surface area (Å²) >= 11 is 1.65. The summed E-state index contributed by atoms with van der Waals surface area (Å²) in [6.07, 6.45) is 6.76. The van der Waals surface area contributed by atoms with E-state index in [4.69, 9.17) is 4.42 Å². The van der Waals surface area contributed by atoms with Crippen LogP contribution < -0.4 is 5.32 Å². The minimum atomic E-state index is -0.270. The number of furan rings is 1. The van der Waals surface area contributed by atoms with Gasteiger partial charge in [0.25, 0.3) is 5.91 Å². The molecular weight excluding hydrogens is 314 g/mol. The van der Waals surface area contributed by atoms with Gasteiger partial charge >= 0.3 is 0 Å². The molecule has 0 bridgehead atoms. The molecule has 2 heterocycles. The number of aromatic nitrogens is 2. The standard InChI is InChI=1S/C16H21N3O3S/c1-19-8-11(7-17-19)15(10-5-12(20)6-10)18-16(21)14-4-3-13(22-14)9-23-2/h3-4,7-8,10,12,15,20H,5-6,9H2,1-2H3,(H,18,21)/t10?,12?,15-/m1/s1. The highest BCUT2D eigenvalue weighted by Crippen LogP contribution is 2.38. The summed E-state index contributed by atoms with van der Waals surface area (Å²) in [7, 11) is 1.85. The van der Waals surface area contributed by atoms with Gasteiger partial charge in [-0.3, -0.25) is 9.48 Å². The molecule has 6 nitrogen and oxygen atoms in total. The van der Waals surface area contributed by atoms with E-state index >= 15 is 0 Å². The molecule has 0 unspecified atom stereocenters. The van der Waals surface area contributed by atoms with Crippen LogP contribution in [0.2, 0.25) is 0 Å². The van der Waals surface area contributed by atoms with Gasteiger partial charge in [-0.05, 0) is 37.1 Å². The van der Waals surface area contributed by atoms with Gasteiger partial charge in [-0.2, -0.15) is 16.9 Å². The van der Waals surface area contributed by atoms with E-state index in [0.717, 1.165) is 17.1 Å². The van der Waals surface area contributed by atoms with Crippen molar-refractivity contribution in [3.05, 3.63) is 41.6 Å². The Bertz CT molecular complexity index is 676. The molecule has 2 aromatic heterocycles. The normalized spacial score (nSPS) is 21.7. The molecule has 0 aliphatic heterocycles. The van der Waals surface area contributed by atoms with Gasteiger partial charge in [-0.25, -0.2) is 0 Å². The molecular formula is C16H21N3O3S. The first-order valence-corrected chi connectivity index (χ1v) is 9.01. The van der Waals surface area contributed by atoms with Crippen LogP contribution in [0.3, 0.4) is 0 Å². The Hall–Kier alpha value is -1.73. The van der Waals surface area contributed by atoms with Gasteiger partial charge in [0.15, 0.2) is 5.76 Å². The Morgan fingerprint density at radius 3 is 2.96 bits per heavy atom. The molecule has 1 saturated carbocycles. The monoisotopic (exact) mass is 335 g/mol. The van der Waals surface area contributed by atoms with E-state index in [1.165, 1.54) is 0 Å². The molecule has 0 spiro atoms. The smallest absolute Gasteiger partial charge is 0.287 e. The van der Waals surface area contributed by atoms with E-state index in [0.29, 0.717) is 18.6 Å². The second-order valence-electron chi connectivity index (χ2n) is 5.98. The van der Waals surface area contributed by atoms with Gasteiger partial charge in [0.1, 0.15) is 5.76 Å². The van der Waals surface area contributed by atoms with Gasteiger partial charge in [0.05, 0.1) is 24.1 Å². The van der Waals surface area contributed by atoms with Crippen molar-refractivity contribution >= 4 is 17.7 Å². The van der Waals surface area contributed by atoms with Crippen LogP contribution in [0.5, 0.6) is 0 Å². The SMILES string of the molecule is CSCc1ccc(C(=O)N[C@@H](c2cnn(C)c2)C2CC(O)C2)o1. The Morgan fingerprint density at radius 2 is 2.35 bits per heavy atom. The quantitative estimate of drug-likeness (QED) is 0.845. The molecule has 2 N–H and O–H groups in total. The summed E-state index contributed by atoms with van der Waals surface area (Å²) in [4.78, 5) is 12.5. The number of nitrogens with zero attached hydrogens (tertiary/aromatic N) is 2. The average molecular weight is 335 g/mol. The fraction of sp³-hybridized carbons (Fsp3) is 0.500. The van der Waals surface area contributed by atoms with Crippen molar-refractivity contribution in [1.29, 1.82) is 0 Å². The van der Waals surface area contributed by atoms with Gasteiger partial charge < -0.3 is 14.8 Å². The summed E-state index contributed by atoms with van der Waals surface area (Å²) in [5.41, 5.74) is 0.952. The van der Waals surface area contributed by atoms with E-state index in [-0.39, 0.29) is 24.0 Å². The van der Waals surface area contributed by atoms with Crippen LogP contribution in [0.1, 0.15) is 40.8 Å². The molecule has 1 amide bonds. The summed E-state index contributed by atoms with van der Waals surface area (Å²) in [6.45, 7) is 0. The van der Waals surface area contributed by atoms with E-state index < -0.39 is 0 Å². The molecule has 3 rings (SSSR count). The van der Waals surface area contributed by atoms with E-state index in [2.05, 4.69) is 10.4 Å². The molecule has 1 aliphatic carbocycles. The number of hydrogen-bond donors (Lipinski definition) is 2. The Labute approximate surface area is 139 Å². The zero-order valence-corrected chi connectivity index (χ0v) is 14.0. The zero-order valence-electron chi connectivity index (χ0n) is 13.2. The summed E-state index contributed by atoms with van der Waals surface area (Å²) < 4.78 is 7.29. The summed E-state index contributed by atoms with van der Waals surface area (Å²) in [5, 5.41) is 16.8.